The molecule has 6 heteroatoms. The Hall–Kier alpha value is -2.08. The number of nitrogens with two attached hydrogens (primary N) is 1. The van der Waals surface area contributed by atoms with Crippen molar-refractivity contribution in [3.63, 3.8) is 0 Å². The average Bonchev–Trinajstić information content (AvgIpc) is 2.71. The number of carbonyl (C=O) groups is 1. The maximum Gasteiger partial charge on any atom is 0.416 e. The Balaban J connectivity index is 2.55. The van der Waals surface area contributed by atoms with Crippen LogP contribution in [0.2, 0.25) is 0 Å². The molecule has 0 saturated heterocycles. The van der Waals surface area contributed by atoms with E-state index >= 15 is 0 Å². The molecule has 1 atom stereocenters. The van der Waals surface area contributed by atoms with Gasteiger partial charge in [0.25, 0.3) is 0 Å². The minimum Gasteiger partial charge on any atom is -0.469 e. The maximum absolute atomic E-state index is 12.8. The van der Waals surface area contributed by atoms with Gasteiger partial charge in [-0.3, -0.25) is 10.5 Å². The summed E-state index contributed by atoms with van der Waals surface area (Å²) < 4.78 is 44.0. The lowest BCUT2D eigenvalue weighted by molar-refractivity contribution is -0.137. The van der Waals surface area contributed by atoms with Gasteiger partial charge in [-0.25, -0.2) is 0 Å². The summed E-state index contributed by atoms with van der Waals surface area (Å²) in [7, 11) is 0. The first-order valence-electron chi connectivity index (χ1n) is 6.77. The first kappa shape index (κ1) is 16.3. The van der Waals surface area contributed by atoms with Crippen molar-refractivity contribution in [3.05, 3.63) is 53.8 Å². The molecule has 0 radical (unpaired) electrons. The van der Waals surface area contributed by atoms with Crippen LogP contribution >= 0.6 is 0 Å². The van der Waals surface area contributed by atoms with Crippen molar-refractivity contribution in [3.8, 4) is 0 Å². The summed E-state index contributed by atoms with van der Waals surface area (Å²) in [4.78, 5) is 12.5. The van der Waals surface area contributed by atoms with Crippen LogP contribution in [-0.2, 0) is 15.7 Å². The number of allylic oxidation sites excluding steroid dienone is 1. The highest BCUT2D eigenvalue weighted by molar-refractivity contribution is 6.26. The fraction of sp³-hybridized carbons (Fsp3) is 0.312. The maximum atomic E-state index is 12.8. The minimum absolute atomic E-state index is 0.0929. The second-order valence-corrected chi connectivity index (χ2v) is 5.04. The molecular formula is C16H16F3NO2. The second-order valence-electron chi connectivity index (χ2n) is 5.04. The number of benzene rings is 1. The molecule has 1 aromatic carbocycles. The molecule has 0 spiro atoms. The molecular weight excluding hydrogens is 295 g/mol. The lowest BCUT2D eigenvalue weighted by Gasteiger charge is -2.21. The molecule has 118 valence electrons. The number of alkyl halides is 3. The van der Waals surface area contributed by atoms with Crippen LogP contribution in [0, 0.1) is 0 Å². The van der Waals surface area contributed by atoms with E-state index in [-0.39, 0.29) is 29.7 Å². The standard InChI is InChI=1S/C16H16F3NO2/c1-3-6-12-13(14(21)15(20,4-2)22-12)10-7-5-8-11(9-10)16(17,18)19/h3,5,7-9H,1,4,6,20H2,2H3. The Labute approximate surface area is 126 Å². The van der Waals surface area contributed by atoms with Gasteiger partial charge in [0.15, 0.2) is 0 Å². The molecule has 0 fully saturated rings. The second kappa shape index (κ2) is 5.61. The summed E-state index contributed by atoms with van der Waals surface area (Å²) in [5, 5.41) is 0. The van der Waals surface area contributed by atoms with Gasteiger partial charge in [0.05, 0.1) is 11.1 Å². The summed E-state index contributed by atoms with van der Waals surface area (Å²) in [5.74, 6) is -0.255. The third-order valence-electron chi connectivity index (χ3n) is 3.53. The van der Waals surface area contributed by atoms with Crippen LogP contribution in [-0.4, -0.2) is 11.5 Å². The highest BCUT2D eigenvalue weighted by Gasteiger charge is 2.45. The highest BCUT2D eigenvalue weighted by Crippen LogP contribution is 2.39. The number of ketones is 1. The molecule has 1 aliphatic heterocycles. The molecule has 1 aromatic rings. The summed E-state index contributed by atoms with van der Waals surface area (Å²) in [6, 6.07) is 4.58. The van der Waals surface area contributed by atoms with Crippen LogP contribution in [0.15, 0.2) is 42.7 Å². The van der Waals surface area contributed by atoms with Crippen LogP contribution < -0.4 is 5.73 Å². The van der Waals surface area contributed by atoms with Gasteiger partial charge >= 0.3 is 6.18 Å². The number of carbonyl (C=O) groups excluding carboxylic acids is 1. The van der Waals surface area contributed by atoms with Gasteiger partial charge in [0, 0.05) is 12.8 Å². The smallest absolute Gasteiger partial charge is 0.416 e. The number of hydrogen-bond donors (Lipinski definition) is 1. The third-order valence-corrected chi connectivity index (χ3v) is 3.53. The Morgan fingerprint density at radius 3 is 2.64 bits per heavy atom. The van der Waals surface area contributed by atoms with Crippen LogP contribution in [0.1, 0.15) is 30.9 Å². The van der Waals surface area contributed by atoms with E-state index in [1.54, 1.807) is 6.92 Å². The van der Waals surface area contributed by atoms with Crippen molar-refractivity contribution in [1.82, 2.24) is 0 Å². The van der Waals surface area contributed by atoms with E-state index in [0.717, 1.165) is 12.1 Å². The predicted molar refractivity (Wildman–Crippen MR) is 76.5 cm³/mol. The zero-order chi connectivity index (χ0) is 16.5. The number of ether oxygens (including phenoxy) is 1. The Morgan fingerprint density at radius 2 is 2.09 bits per heavy atom. The SMILES string of the molecule is C=CCC1=C(c2cccc(C(F)(F)F)c2)C(=O)C(N)(CC)O1. The molecule has 3 nitrogen and oxygen atoms in total. The van der Waals surface area contributed by atoms with E-state index in [2.05, 4.69) is 6.58 Å². The van der Waals surface area contributed by atoms with Gasteiger partial charge in [-0.05, 0) is 17.7 Å². The fourth-order valence-corrected chi connectivity index (χ4v) is 2.31. The number of hydrogen-bond acceptors (Lipinski definition) is 3. The fourth-order valence-electron chi connectivity index (χ4n) is 2.31. The normalized spacial score (nSPS) is 22.0. The molecule has 1 heterocycles. The van der Waals surface area contributed by atoms with Crippen molar-refractivity contribution in [2.24, 2.45) is 5.73 Å². The van der Waals surface area contributed by atoms with Gasteiger partial charge in [0.1, 0.15) is 5.76 Å². The first-order chi connectivity index (χ1) is 10.2. The van der Waals surface area contributed by atoms with E-state index in [9.17, 15) is 18.0 Å². The Bertz CT molecular complexity index is 649. The minimum atomic E-state index is -4.48. The lowest BCUT2D eigenvalue weighted by atomic mass is 9.94. The molecule has 0 aromatic heterocycles. The largest absolute Gasteiger partial charge is 0.469 e. The van der Waals surface area contributed by atoms with E-state index in [4.69, 9.17) is 10.5 Å². The number of halogens is 3. The molecule has 0 amide bonds. The van der Waals surface area contributed by atoms with Gasteiger partial charge < -0.3 is 4.74 Å². The van der Waals surface area contributed by atoms with Crippen LogP contribution in [0.3, 0.4) is 0 Å². The third kappa shape index (κ3) is 2.78. The molecule has 0 saturated carbocycles. The van der Waals surface area contributed by atoms with Crippen molar-refractivity contribution in [1.29, 1.82) is 0 Å². The van der Waals surface area contributed by atoms with Crippen LogP contribution in [0.4, 0.5) is 13.2 Å². The number of rotatable bonds is 4. The van der Waals surface area contributed by atoms with E-state index in [1.807, 2.05) is 0 Å². The molecule has 2 rings (SSSR count). The molecule has 0 aliphatic carbocycles. The summed E-state index contributed by atoms with van der Waals surface area (Å²) >= 11 is 0. The van der Waals surface area contributed by atoms with Gasteiger partial charge in [-0.1, -0.05) is 25.1 Å². The monoisotopic (exact) mass is 311 g/mol. The van der Waals surface area contributed by atoms with E-state index in [1.165, 1.54) is 18.2 Å². The zero-order valence-electron chi connectivity index (χ0n) is 12.0. The predicted octanol–water partition coefficient (Wildman–Crippen LogP) is 3.66. The Morgan fingerprint density at radius 1 is 1.41 bits per heavy atom. The topological polar surface area (TPSA) is 52.3 Å². The molecule has 2 N–H and O–H groups in total. The first-order valence-corrected chi connectivity index (χ1v) is 6.77. The summed E-state index contributed by atoms with van der Waals surface area (Å²) in [6.45, 7) is 5.24. The van der Waals surface area contributed by atoms with Crippen molar-refractivity contribution in [2.45, 2.75) is 31.7 Å². The van der Waals surface area contributed by atoms with Crippen molar-refractivity contribution < 1.29 is 22.7 Å². The van der Waals surface area contributed by atoms with E-state index in [0.29, 0.717) is 0 Å². The van der Waals surface area contributed by atoms with Crippen molar-refractivity contribution >= 4 is 11.4 Å². The Kier molecular flexibility index (Phi) is 4.15. The van der Waals surface area contributed by atoms with Gasteiger partial charge in [-0.2, -0.15) is 13.2 Å². The summed E-state index contributed by atoms with van der Waals surface area (Å²) in [5.41, 5.74) is 3.80. The van der Waals surface area contributed by atoms with Crippen LogP contribution in [0.5, 0.6) is 0 Å². The zero-order valence-corrected chi connectivity index (χ0v) is 12.0. The lowest BCUT2D eigenvalue weighted by Crippen LogP contribution is -2.46. The van der Waals surface area contributed by atoms with E-state index < -0.39 is 23.2 Å². The van der Waals surface area contributed by atoms with Crippen molar-refractivity contribution in [2.75, 3.05) is 0 Å². The molecule has 0 bridgehead atoms. The van der Waals surface area contributed by atoms with Gasteiger partial charge in [-0.15, -0.1) is 6.58 Å². The highest BCUT2D eigenvalue weighted by atomic mass is 19.4. The van der Waals surface area contributed by atoms with Gasteiger partial charge in [0.2, 0.25) is 11.5 Å². The molecule has 1 aliphatic rings. The quantitative estimate of drug-likeness (QED) is 0.863. The average molecular weight is 311 g/mol. The molecule has 22 heavy (non-hydrogen) atoms. The molecule has 1 unspecified atom stereocenters. The number of Topliss-reactive ketones (excluding diaryl/α,β-unsaturated/α-hetero) is 1. The van der Waals surface area contributed by atoms with Crippen LogP contribution in [0.25, 0.3) is 5.57 Å². The summed E-state index contributed by atoms with van der Waals surface area (Å²) in [6.07, 6.45) is -2.54.